The number of allylic oxidation sites excluding steroid dienone is 2. The van der Waals surface area contributed by atoms with Crippen LogP contribution in [-0.2, 0) is 19.1 Å². The van der Waals surface area contributed by atoms with Gasteiger partial charge in [-0.15, -0.1) is 0 Å². The van der Waals surface area contributed by atoms with Gasteiger partial charge in [-0.3, -0.25) is 4.79 Å². The van der Waals surface area contributed by atoms with Crippen LogP contribution in [-0.4, -0.2) is 38.1 Å². The minimum Gasteiger partial charge on any atom is -0.463 e. The second-order valence-electron chi connectivity index (χ2n) is 8.26. The van der Waals surface area contributed by atoms with Crippen molar-refractivity contribution in [1.29, 1.82) is 0 Å². The molecule has 3 rings (SSSR count). The average Bonchev–Trinajstić information content (AvgIpc) is 2.67. The van der Waals surface area contributed by atoms with Crippen molar-refractivity contribution in [3.05, 3.63) is 58.4 Å². The number of benzene rings is 1. The summed E-state index contributed by atoms with van der Waals surface area (Å²) in [5.74, 6) is -0.822. The Bertz CT molecular complexity index is 840. The largest absolute Gasteiger partial charge is 0.463 e. The molecular weight excluding hydrogens is 368 g/mol. The highest BCUT2D eigenvalue weighted by Crippen LogP contribution is 2.46. The molecule has 1 unspecified atom stereocenters. The fourth-order valence-electron chi connectivity index (χ4n) is 4.15. The van der Waals surface area contributed by atoms with E-state index in [1.54, 1.807) is 6.92 Å². The second kappa shape index (κ2) is 8.93. The van der Waals surface area contributed by atoms with Crippen molar-refractivity contribution in [1.82, 2.24) is 5.32 Å². The summed E-state index contributed by atoms with van der Waals surface area (Å²) < 4.78 is 11.0. The van der Waals surface area contributed by atoms with E-state index in [0.717, 1.165) is 17.7 Å². The van der Waals surface area contributed by atoms with Crippen LogP contribution in [0.2, 0.25) is 0 Å². The fourth-order valence-corrected chi connectivity index (χ4v) is 4.15. The molecule has 3 N–H and O–H groups in total. The maximum atomic E-state index is 13.2. The number of nitrogens with two attached hydrogens (primary N) is 1. The van der Waals surface area contributed by atoms with Crippen molar-refractivity contribution in [3.8, 4) is 0 Å². The maximum absolute atomic E-state index is 13.2. The van der Waals surface area contributed by atoms with Gasteiger partial charge in [0.05, 0.1) is 31.1 Å². The standard InChI is InChI=1S/C23H30N2O4/c1-4-29-22(27)21-17(14-28-11-10-24)25-16-12-23(2,3)13-18(26)20(16)19(21)15-8-6-5-7-9-15/h5-9,19,25H,4,10-14,24H2,1-3H3. The molecule has 1 aromatic carbocycles. The lowest BCUT2D eigenvalue weighted by atomic mass is 9.68. The van der Waals surface area contributed by atoms with Crippen LogP contribution in [0.4, 0.5) is 0 Å². The minimum absolute atomic E-state index is 0.0707. The molecule has 6 nitrogen and oxygen atoms in total. The summed E-state index contributed by atoms with van der Waals surface area (Å²) in [6, 6.07) is 9.66. The average molecular weight is 399 g/mol. The third-order valence-electron chi connectivity index (χ3n) is 5.26. The first-order valence-electron chi connectivity index (χ1n) is 10.1. The van der Waals surface area contributed by atoms with Gasteiger partial charge in [0.1, 0.15) is 0 Å². The molecule has 2 aliphatic rings. The van der Waals surface area contributed by atoms with Crippen LogP contribution in [0, 0.1) is 5.41 Å². The summed E-state index contributed by atoms with van der Waals surface area (Å²) in [5, 5.41) is 3.36. The lowest BCUT2D eigenvalue weighted by molar-refractivity contribution is -0.139. The summed E-state index contributed by atoms with van der Waals surface area (Å²) >= 11 is 0. The van der Waals surface area contributed by atoms with Gasteiger partial charge in [-0.1, -0.05) is 44.2 Å². The molecule has 156 valence electrons. The Morgan fingerprint density at radius 1 is 1.24 bits per heavy atom. The number of nitrogens with one attached hydrogen (secondary N) is 1. The predicted octanol–water partition coefficient (Wildman–Crippen LogP) is 2.81. The van der Waals surface area contributed by atoms with Gasteiger partial charge in [0, 0.05) is 30.2 Å². The zero-order valence-electron chi connectivity index (χ0n) is 17.4. The lowest BCUT2D eigenvalue weighted by Gasteiger charge is -2.40. The summed E-state index contributed by atoms with van der Waals surface area (Å²) in [6.07, 6.45) is 1.18. The number of carbonyl (C=O) groups is 2. The topological polar surface area (TPSA) is 90.7 Å². The molecule has 0 saturated heterocycles. The number of ether oxygens (including phenoxy) is 2. The number of dihydropyridines is 1. The van der Waals surface area contributed by atoms with Gasteiger partial charge in [0.2, 0.25) is 0 Å². The Balaban J connectivity index is 2.14. The molecule has 0 amide bonds. The van der Waals surface area contributed by atoms with Gasteiger partial charge in [-0.05, 0) is 24.3 Å². The zero-order valence-corrected chi connectivity index (χ0v) is 17.4. The number of ketones is 1. The smallest absolute Gasteiger partial charge is 0.336 e. The van der Waals surface area contributed by atoms with E-state index in [0.29, 0.717) is 36.4 Å². The molecule has 0 fully saturated rings. The van der Waals surface area contributed by atoms with Crippen LogP contribution in [0.5, 0.6) is 0 Å². The number of esters is 1. The van der Waals surface area contributed by atoms with Crippen molar-refractivity contribution in [2.24, 2.45) is 11.1 Å². The van der Waals surface area contributed by atoms with Gasteiger partial charge in [-0.25, -0.2) is 4.79 Å². The molecule has 0 saturated carbocycles. The molecule has 1 aliphatic heterocycles. The summed E-state index contributed by atoms with van der Waals surface area (Å²) in [6.45, 7) is 7.19. The highest BCUT2D eigenvalue weighted by molar-refractivity contribution is 6.04. The fraction of sp³-hybridized carbons (Fsp3) is 0.478. The summed E-state index contributed by atoms with van der Waals surface area (Å²) in [4.78, 5) is 26.2. The SMILES string of the molecule is CCOC(=O)C1=C(COCCN)NC2=C(C(=O)CC(C)(C)C2)C1c1ccccc1. The van der Waals surface area contributed by atoms with Crippen LogP contribution in [0.3, 0.4) is 0 Å². The summed E-state index contributed by atoms with van der Waals surface area (Å²) in [7, 11) is 0. The van der Waals surface area contributed by atoms with E-state index in [-0.39, 0.29) is 24.4 Å². The van der Waals surface area contributed by atoms with Crippen molar-refractivity contribution >= 4 is 11.8 Å². The van der Waals surface area contributed by atoms with Gasteiger partial charge in [0.15, 0.2) is 5.78 Å². The van der Waals surface area contributed by atoms with Gasteiger partial charge in [0.25, 0.3) is 0 Å². The first-order valence-corrected chi connectivity index (χ1v) is 10.1. The van der Waals surface area contributed by atoms with Crippen LogP contribution in [0.25, 0.3) is 0 Å². The molecule has 6 heteroatoms. The van der Waals surface area contributed by atoms with E-state index < -0.39 is 11.9 Å². The van der Waals surface area contributed by atoms with Gasteiger partial charge < -0.3 is 20.5 Å². The molecule has 0 radical (unpaired) electrons. The normalized spacial score (nSPS) is 21.0. The second-order valence-corrected chi connectivity index (χ2v) is 8.26. The molecule has 1 atom stereocenters. The van der Waals surface area contributed by atoms with Gasteiger partial charge in [-0.2, -0.15) is 0 Å². The van der Waals surface area contributed by atoms with Crippen molar-refractivity contribution < 1.29 is 19.1 Å². The van der Waals surface area contributed by atoms with E-state index in [2.05, 4.69) is 19.2 Å². The third-order valence-corrected chi connectivity index (χ3v) is 5.26. The first kappa shape index (κ1) is 21.3. The molecule has 0 bridgehead atoms. The number of hydrogen-bond donors (Lipinski definition) is 2. The van der Waals surface area contributed by atoms with Crippen LogP contribution >= 0.6 is 0 Å². The van der Waals surface area contributed by atoms with E-state index in [4.69, 9.17) is 15.2 Å². The van der Waals surface area contributed by atoms with Crippen molar-refractivity contribution in [2.45, 2.75) is 39.5 Å². The van der Waals surface area contributed by atoms with Crippen molar-refractivity contribution in [3.63, 3.8) is 0 Å². The minimum atomic E-state index is -0.466. The Hall–Kier alpha value is -2.44. The molecule has 0 aromatic heterocycles. The number of rotatable bonds is 7. The maximum Gasteiger partial charge on any atom is 0.336 e. The number of Topliss-reactive ketones (excluding diaryl/α,β-unsaturated/α-hetero) is 1. The molecule has 1 heterocycles. The molecule has 29 heavy (non-hydrogen) atoms. The monoisotopic (exact) mass is 398 g/mol. The number of carbonyl (C=O) groups excluding carboxylic acids is 2. The van der Waals surface area contributed by atoms with Crippen LogP contribution in [0.1, 0.15) is 45.1 Å². The van der Waals surface area contributed by atoms with Crippen LogP contribution in [0.15, 0.2) is 52.9 Å². The predicted molar refractivity (Wildman–Crippen MR) is 111 cm³/mol. The highest BCUT2D eigenvalue weighted by Gasteiger charge is 2.43. The molecule has 1 aromatic rings. The molecule has 0 spiro atoms. The Morgan fingerprint density at radius 2 is 1.97 bits per heavy atom. The molecule has 1 aliphatic carbocycles. The Labute approximate surface area is 172 Å². The van der Waals surface area contributed by atoms with Crippen molar-refractivity contribution in [2.75, 3.05) is 26.4 Å². The first-order chi connectivity index (χ1) is 13.9. The Morgan fingerprint density at radius 3 is 2.62 bits per heavy atom. The highest BCUT2D eigenvalue weighted by atomic mass is 16.5. The van der Waals surface area contributed by atoms with Crippen LogP contribution < -0.4 is 11.1 Å². The zero-order chi connectivity index (χ0) is 21.0. The van der Waals surface area contributed by atoms with E-state index in [1.165, 1.54) is 0 Å². The van der Waals surface area contributed by atoms with E-state index >= 15 is 0 Å². The number of hydrogen-bond acceptors (Lipinski definition) is 6. The van der Waals surface area contributed by atoms with Gasteiger partial charge >= 0.3 is 5.97 Å². The quantitative estimate of drug-likeness (QED) is 0.542. The summed E-state index contributed by atoms with van der Waals surface area (Å²) in [5.41, 5.74) is 8.95. The van der Waals surface area contributed by atoms with E-state index in [9.17, 15) is 9.59 Å². The molecular formula is C23H30N2O4. The Kier molecular flexibility index (Phi) is 6.55. The van der Waals surface area contributed by atoms with E-state index in [1.807, 2.05) is 30.3 Å². The lowest BCUT2D eigenvalue weighted by Crippen LogP contribution is -2.40. The third kappa shape index (κ3) is 4.60.